The van der Waals surface area contributed by atoms with Crippen LogP contribution in [0.4, 0.5) is 11.8 Å². The molecule has 0 spiro atoms. The second kappa shape index (κ2) is 5.42. The Morgan fingerprint density at radius 1 is 0.818 bits per heavy atom. The molecule has 0 aliphatic carbocycles. The molecular weight excluding hydrogens is 302 g/mol. The molecule has 0 atom stereocenters. The van der Waals surface area contributed by atoms with Gasteiger partial charge in [-0.15, -0.1) is 0 Å². The van der Waals surface area contributed by atoms with E-state index in [-0.39, 0.29) is 0 Å². The molecule has 3 aromatic heterocycles. The van der Waals surface area contributed by atoms with Crippen molar-refractivity contribution >= 4 is 29.0 Å². The Labute approximate surface area is 132 Å². The highest BCUT2D eigenvalue weighted by molar-refractivity contribution is 6.30. The summed E-state index contributed by atoms with van der Waals surface area (Å²) in [6.07, 6.45) is 10.7. The molecule has 4 heterocycles. The summed E-state index contributed by atoms with van der Waals surface area (Å²) in [6, 6.07) is 0. The van der Waals surface area contributed by atoms with Gasteiger partial charge in [0.15, 0.2) is 11.5 Å². The van der Waals surface area contributed by atoms with Gasteiger partial charge in [-0.1, -0.05) is 11.6 Å². The van der Waals surface area contributed by atoms with Gasteiger partial charge in [-0.2, -0.15) is 0 Å². The summed E-state index contributed by atoms with van der Waals surface area (Å²) < 4.78 is 1.98. The first-order chi connectivity index (χ1) is 10.8. The fourth-order valence-electron chi connectivity index (χ4n) is 2.65. The maximum atomic E-state index is 5.83. The molecule has 7 nitrogen and oxygen atoms in total. The molecule has 8 heteroatoms. The maximum absolute atomic E-state index is 5.83. The van der Waals surface area contributed by atoms with E-state index >= 15 is 0 Å². The molecule has 0 amide bonds. The van der Waals surface area contributed by atoms with E-state index in [0.29, 0.717) is 5.02 Å². The molecule has 1 saturated heterocycles. The highest BCUT2D eigenvalue weighted by Gasteiger charge is 2.21. The number of aromatic nitrogens is 5. The van der Waals surface area contributed by atoms with Gasteiger partial charge in [-0.25, -0.2) is 19.9 Å². The van der Waals surface area contributed by atoms with Crippen molar-refractivity contribution in [3.63, 3.8) is 0 Å². The summed E-state index contributed by atoms with van der Waals surface area (Å²) in [6.45, 7) is 3.38. The van der Waals surface area contributed by atoms with Crippen molar-refractivity contribution in [1.82, 2.24) is 24.3 Å². The van der Waals surface area contributed by atoms with Crippen LogP contribution in [-0.2, 0) is 0 Å². The second-order valence-corrected chi connectivity index (χ2v) is 5.52. The minimum Gasteiger partial charge on any atom is -0.350 e. The van der Waals surface area contributed by atoms with Crippen molar-refractivity contribution in [3.8, 4) is 0 Å². The predicted octanol–water partition coefficient (Wildman–Crippen LogP) is 1.50. The van der Waals surface area contributed by atoms with Gasteiger partial charge in [0.2, 0.25) is 5.95 Å². The summed E-state index contributed by atoms with van der Waals surface area (Å²) in [5.74, 6) is 1.64. The summed E-state index contributed by atoms with van der Waals surface area (Å²) in [4.78, 5) is 21.8. The summed E-state index contributed by atoms with van der Waals surface area (Å²) in [7, 11) is 0. The molecule has 3 aromatic rings. The number of hydrogen-bond acceptors (Lipinski definition) is 6. The van der Waals surface area contributed by atoms with Gasteiger partial charge in [0, 0.05) is 51.0 Å². The first-order valence-corrected chi connectivity index (χ1v) is 7.44. The number of rotatable bonds is 2. The van der Waals surface area contributed by atoms with Gasteiger partial charge in [0.25, 0.3) is 0 Å². The third-order valence-electron chi connectivity index (χ3n) is 3.76. The summed E-state index contributed by atoms with van der Waals surface area (Å²) in [5, 5.41) is 0.553. The molecule has 22 heavy (non-hydrogen) atoms. The maximum Gasteiger partial charge on any atom is 0.225 e. The third kappa shape index (κ3) is 2.33. The lowest BCUT2D eigenvalue weighted by Crippen LogP contribution is -2.47. The van der Waals surface area contributed by atoms with Crippen LogP contribution in [0.5, 0.6) is 0 Å². The topological polar surface area (TPSA) is 62.5 Å². The van der Waals surface area contributed by atoms with E-state index in [0.717, 1.165) is 43.6 Å². The van der Waals surface area contributed by atoms with E-state index in [2.05, 4.69) is 29.7 Å². The smallest absolute Gasteiger partial charge is 0.225 e. The molecule has 4 rings (SSSR count). The van der Waals surface area contributed by atoms with Crippen LogP contribution in [0.1, 0.15) is 0 Å². The zero-order chi connectivity index (χ0) is 14.9. The monoisotopic (exact) mass is 315 g/mol. The van der Waals surface area contributed by atoms with E-state index in [9.17, 15) is 0 Å². The average molecular weight is 316 g/mol. The van der Waals surface area contributed by atoms with Crippen molar-refractivity contribution in [2.45, 2.75) is 0 Å². The van der Waals surface area contributed by atoms with E-state index in [1.165, 1.54) is 0 Å². The lowest BCUT2D eigenvalue weighted by atomic mass is 10.3. The molecular formula is C14H14ClN7. The van der Waals surface area contributed by atoms with Crippen molar-refractivity contribution in [2.75, 3.05) is 36.0 Å². The fraction of sp³-hybridized carbons (Fsp3) is 0.286. The number of nitrogens with zero attached hydrogens (tertiary/aromatic N) is 7. The van der Waals surface area contributed by atoms with E-state index in [1.54, 1.807) is 24.8 Å². The number of piperazine rings is 1. The van der Waals surface area contributed by atoms with Crippen molar-refractivity contribution in [2.24, 2.45) is 0 Å². The Morgan fingerprint density at radius 2 is 1.45 bits per heavy atom. The Hall–Kier alpha value is -2.41. The van der Waals surface area contributed by atoms with Gasteiger partial charge in [-0.3, -0.25) is 0 Å². The Balaban J connectivity index is 1.52. The van der Waals surface area contributed by atoms with E-state index in [4.69, 9.17) is 11.6 Å². The molecule has 0 saturated carbocycles. The zero-order valence-electron chi connectivity index (χ0n) is 11.8. The first-order valence-electron chi connectivity index (χ1n) is 7.06. The third-order valence-corrected chi connectivity index (χ3v) is 3.96. The molecule has 0 N–H and O–H groups in total. The Kier molecular flexibility index (Phi) is 3.27. The van der Waals surface area contributed by atoms with Gasteiger partial charge < -0.3 is 14.2 Å². The van der Waals surface area contributed by atoms with Gasteiger partial charge in [0.05, 0.1) is 17.4 Å². The molecule has 0 aromatic carbocycles. The molecule has 0 bridgehead atoms. The van der Waals surface area contributed by atoms with E-state index < -0.39 is 0 Å². The lowest BCUT2D eigenvalue weighted by Gasteiger charge is -2.35. The summed E-state index contributed by atoms with van der Waals surface area (Å²) in [5.41, 5.74) is 0.888. The van der Waals surface area contributed by atoms with Crippen LogP contribution in [0, 0.1) is 0 Å². The zero-order valence-corrected chi connectivity index (χ0v) is 12.6. The van der Waals surface area contributed by atoms with Crippen molar-refractivity contribution in [1.29, 1.82) is 0 Å². The van der Waals surface area contributed by atoms with Gasteiger partial charge in [0.1, 0.15) is 0 Å². The number of halogens is 1. The van der Waals surface area contributed by atoms with Crippen LogP contribution in [-0.4, -0.2) is 50.5 Å². The molecule has 0 unspecified atom stereocenters. The number of anilines is 2. The summed E-state index contributed by atoms with van der Waals surface area (Å²) >= 11 is 5.83. The van der Waals surface area contributed by atoms with Crippen LogP contribution in [0.15, 0.2) is 37.2 Å². The second-order valence-electron chi connectivity index (χ2n) is 5.08. The SMILES string of the molecule is Clc1cnc(N2CCN(c3nccn4ccnc34)CC2)nc1. The lowest BCUT2D eigenvalue weighted by molar-refractivity contribution is 0.635. The van der Waals surface area contributed by atoms with Crippen LogP contribution < -0.4 is 9.80 Å². The van der Waals surface area contributed by atoms with Crippen LogP contribution >= 0.6 is 11.6 Å². The predicted molar refractivity (Wildman–Crippen MR) is 84.5 cm³/mol. The highest BCUT2D eigenvalue weighted by Crippen LogP contribution is 2.20. The quantitative estimate of drug-likeness (QED) is 0.714. The van der Waals surface area contributed by atoms with Crippen LogP contribution in [0.2, 0.25) is 5.02 Å². The van der Waals surface area contributed by atoms with E-state index in [1.807, 2.05) is 16.8 Å². The Morgan fingerprint density at radius 3 is 2.18 bits per heavy atom. The average Bonchev–Trinajstić information content (AvgIpc) is 3.04. The Bertz CT molecular complexity index is 777. The molecule has 0 radical (unpaired) electrons. The van der Waals surface area contributed by atoms with Gasteiger partial charge >= 0.3 is 0 Å². The van der Waals surface area contributed by atoms with Gasteiger partial charge in [-0.05, 0) is 0 Å². The number of fused-ring (bicyclic) bond motifs is 1. The molecule has 1 fully saturated rings. The first kappa shape index (κ1) is 13.3. The largest absolute Gasteiger partial charge is 0.350 e. The normalized spacial score (nSPS) is 15.5. The fourth-order valence-corrected chi connectivity index (χ4v) is 2.75. The highest BCUT2D eigenvalue weighted by atomic mass is 35.5. The van der Waals surface area contributed by atoms with Crippen molar-refractivity contribution in [3.05, 3.63) is 42.2 Å². The van der Waals surface area contributed by atoms with Crippen LogP contribution in [0.25, 0.3) is 5.65 Å². The van der Waals surface area contributed by atoms with Crippen LogP contribution in [0.3, 0.4) is 0 Å². The molecule has 1 aliphatic heterocycles. The standard InChI is InChI=1S/C14H14ClN7/c15-11-9-18-14(19-10-11)22-7-5-21(6-8-22)13-12-16-1-3-20(12)4-2-17-13/h1-4,9-10H,5-8H2. The minimum atomic E-state index is 0.553. The number of hydrogen-bond donors (Lipinski definition) is 0. The number of imidazole rings is 1. The minimum absolute atomic E-state index is 0.553. The molecule has 1 aliphatic rings. The van der Waals surface area contributed by atoms with Crippen molar-refractivity contribution < 1.29 is 0 Å². The molecule has 112 valence electrons.